The molecule has 6 nitrogen and oxygen atoms in total. The number of aromatic hydroxyl groups is 2. The van der Waals surface area contributed by atoms with Crippen LogP contribution in [-0.4, -0.2) is 73.1 Å². The van der Waals surface area contributed by atoms with Gasteiger partial charge in [0.15, 0.2) is 0 Å². The number of phenols is 2. The summed E-state index contributed by atoms with van der Waals surface area (Å²) >= 11 is 0. The molecular weight excluding hydrogens is 376 g/mol. The van der Waals surface area contributed by atoms with Crippen LogP contribution in [0.2, 0.25) is 0 Å². The molecule has 0 bridgehead atoms. The topological polar surface area (TPSA) is 93.1 Å². The molecule has 2 aromatic rings. The zero-order valence-electron chi connectivity index (χ0n) is 17.7. The molecule has 7 heteroatoms. The number of carbonyl (C=O) groups is 2. The SMILES string of the molecule is CCCOC(=O)c1ccc(O)cc1.CCCOC(=O)c1ccc(O)cc1.[Ca+2].[H-].[H-]. The van der Waals surface area contributed by atoms with Gasteiger partial charge >= 0.3 is 49.7 Å². The van der Waals surface area contributed by atoms with E-state index in [1.165, 1.54) is 48.5 Å². The normalized spacial score (nSPS) is 9.26. The quantitative estimate of drug-likeness (QED) is 0.564. The standard InChI is InChI=1S/2C10H12O3.Ca.2H/c2*1-2-7-13-10(12)8-3-5-9(11)6-4-8;;;/h2*3-6,11H,2,7H2,1H3;;;/q;;+2;2*-1. The minimum atomic E-state index is -0.346. The Morgan fingerprint density at radius 1 is 0.741 bits per heavy atom. The Labute approximate surface area is 192 Å². The van der Waals surface area contributed by atoms with Crippen molar-refractivity contribution in [2.75, 3.05) is 13.2 Å². The van der Waals surface area contributed by atoms with E-state index in [9.17, 15) is 9.59 Å². The third kappa shape index (κ3) is 10.2. The number of phenolic OH excluding ortho intramolecular Hbond substituents is 2. The predicted octanol–water partition coefficient (Wildman–Crippen LogP) is 3.76. The van der Waals surface area contributed by atoms with Crippen molar-refractivity contribution in [3.63, 3.8) is 0 Å². The van der Waals surface area contributed by atoms with Crippen molar-refractivity contribution in [1.82, 2.24) is 0 Å². The third-order valence-corrected chi connectivity index (χ3v) is 3.08. The maximum atomic E-state index is 11.2. The molecule has 144 valence electrons. The minimum Gasteiger partial charge on any atom is -1.00 e. The molecule has 0 aliphatic heterocycles. The fourth-order valence-corrected chi connectivity index (χ4v) is 1.75. The second-order valence-electron chi connectivity index (χ2n) is 5.37. The van der Waals surface area contributed by atoms with Crippen LogP contribution in [0.15, 0.2) is 48.5 Å². The molecule has 0 aliphatic carbocycles. The summed E-state index contributed by atoms with van der Waals surface area (Å²) in [6.45, 7) is 4.73. The molecule has 0 atom stereocenters. The summed E-state index contributed by atoms with van der Waals surface area (Å²) in [6.07, 6.45) is 1.62. The summed E-state index contributed by atoms with van der Waals surface area (Å²) in [5.41, 5.74) is 0.928. The zero-order valence-corrected chi connectivity index (χ0v) is 17.9. The van der Waals surface area contributed by atoms with Crippen LogP contribution in [0, 0.1) is 0 Å². The number of hydrogen-bond acceptors (Lipinski definition) is 6. The molecule has 27 heavy (non-hydrogen) atoms. The van der Waals surface area contributed by atoms with E-state index in [1.54, 1.807) is 0 Å². The first-order valence-electron chi connectivity index (χ1n) is 8.40. The first kappa shape index (κ1) is 25.2. The minimum absolute atomic E-state index is 0. The van der Waals surface area contributed by atoms with E-state index in [0.717, 1.165) is 12.8 Å². The maximum Gasteiger partial charge on any atom is 2.00 e. The second kappa shape index (κ2) is 14.3. The van der Waals surface area contributed by atoms with E-state index >= 15 is 0 Å². The van der Waals surface area contributed by atoms with Crippen LogP contribution in [0.25, 0.3) is 0 Å². The van der Waals surface area contributed by atoms with E-state index in [-0.39, 0.29) is 64.0 Å². The van der Waals surface area contributed by atoms with Crippen LogP contribution >= 0.6 is 0 Å². The van der Waals surface area contributed by atoms with Crippen molar-refractivity contribution >= 4 is 49.7 Å². The molecule has 2 aromatic carbocycles. The molecule has 0 saturated heterocycles. The Kier molecular flexibility index (Phi) is 13.4. The van der Waals surface area contributed by atoms with E-state index < -0.39 is 0 Å². The van der Waals surface area contributed by atoms with Gasteiger partial charge < -0.3 is 22.5 Å². The van der Waals surface area contributed by atoms with Crippen molar-refractivity contribution in [2.45, 2.75) is 26.7 Å². The summed E-state index contributed by atoms with van der Waals surface area (Å²) in [7, 11) is 0. The summed E-state index contributed by atoms with van der Waals surface area (Å²) in [5, 5.41) is 17.9. The van der Waals surface area contributed by atoms with E-state index in [4.69, 9.17) is 19.7 Å². The van der Waals surface area contributed by atoms with Gasteiger partial charge in [0, 0.05) is 0 Å². The Hall–Kier alpha value is -1.76. The van der Waals surface area contributed by atoms with Crippen molar-refractivity contribution in [1.29, 1.82) is 0 Å². The summed E-state index contributed by atoms with van der Waals surface area (Å²) in [6, 6.07) is 12.0. The van der Waals surface area contributed by atoms with Gasteiger partial charge in [-0.15, -0.1) is 0 Å². The predicted molar refractivity (Wildman–Crippen MR) is 105 cm³/mol. The largest absolute Gasteiger partial charge is 2.00 e. The van der Waals surface area contributed by atoms with Crippen LogP contribution < -0.4 is 0 Å². The average molecular weight is 402 g/mol. The molecular formula is C20H26CaO6. The van der Waals surface area contributed by atoms with E-state index in [0.29, 0.717) is 24.3 Å². The van der Waals surface area contributed by atoms with E-state index in [2.05, 4.69) is 0 Å². The molecule has 0 unspecified atom stereocenters. The zero-order chi connectivity index (χ0) is 19.4. The molecule has 0 heterocycles. The van der Waals surface area contributed by atoms with Crippen molar-refractivity contribution in [3.05, 3.63) is 59.7 Å². The Balaban J connectivity index is -0.000000422. The van der Waals surface area contributed by atoms with Crippen molar-refractivity contribution < 1.29 is 32.1 Å². The molecule has 0 aliphatic rings. The molecule has 2 N–H and O–H groups in total. The van der Waals surface area contributed by atoms with Crippen LogP contribution in [0.1, 0.15) is 50.3 Å². The second-order valence-corrected chi connectivity index (χ2v) is 5.37. The summed E-state index contributed by atoms with van der Waals surface area (Å²) in [5.74, 6) is -0.400. The fourth-order valence-electron chi connectivity index (χ4n) is 1.75. The monoisotopic (exact) mass is 402 g/mol. The molecule has 2 rings (SSSR count). The van der Waals surface area contributed by atoms with Crippen LogP contribution in [0.4, 0.5) is 0 Å². The van der Waals surface area contributed by atoms with Gasteiger partial charge in [-0.05, 0) is 61.4 Å². The van der Waals surface area contributed by atoms with Gasteiger partial charge in [-0.3, -0.25) is 0 Å². The first-order chi connectivity index (χ1) is 12.5. The number of carbonyl (C=O) groups excluding carboxylic acids is 2. The maximum absolute atomic E-state index is 11.2. The van der Waals surface area contributed by atoms with Crippen molar-refractivity contribution in [3.8, 4) is 11.5 Å². The number of ether oxygens (including phenoxy) is 2. The van der Waals surface area contributed by atoms with Gasteiger partial charge in [-0.1, -0.05) is 13.8 Å². The van der Waals surface area contributed by atoms with Gasteiger partial charge in [-0.25, -0.2) is 9.59 Å². The molecule has 0 fully saturated rings. The number of esters is 2. The molecule has 0 radical (unpaired) electrons. The van der Waals surface area contributed by atoms with Gasteiger partial charge in [0.05, 0.1) is 24.3 Å². The Morgan fingerprint density at radius 3 is 1.30 bits per heavy atom. The molecule has 0 saturated carbocycles. The Morgan fingerprint density at radius 2 is 1.04 bits per heavy atom. The van der Waals surface area contributed by atoms with Crippen molar-refractivity contribution in [2.24, 2.45) is 0 Å². The Bertz CT molecular complexity index is 632. The molecule has 0 spiro atoms. The average Bonchev–Trinajstić information content (AvgIpc) is 2.66. The molecule has 0 amide bonds. The third-order valence-electron chi connectivity index (χ3n) is 3.08. The van der Waals surface area contributed by atoms with Gasteiger partial charge in [0.25, 0.3) is 0 Å². The summed E-state index contributed by atoms with van der Waals surface area (Å²) in [4.78, 5) is 22.4. The van der Waals surface area contributed by atoms with Crippen LogP contribution in [0.5, 0.6) is 11.5 Å². The smallest absolute Gasteiger partial charge is 1.00 e. The van der Waals surface area contributed by atoms with Gasteiger partial charge in [-0.2, -0.15) is 0 Å². The van der Waals surface area contributed by atoms with E-state index in [1.807, 2.05) is 13.8 Å². The summed E-state index contributed by atoms with van der Waals surface area (Å²) < 4.78 is 9.79. The molecule has 0 aromatic heterocycles. The van der Waals surface area contributed by atoms with Crippen LogP contribution in [-0.2, 0) is 9.47 Å². The number of rotatable bonds is 6. The van der Waals surface area contributed by atoms with Gasteiger partial charge in [0.1, 0.15) is 11.5 Å². The van der Waals surface area contributed by atoms with Crippen LogP contribution in [0.3, 0.4) is 0 Å². The van der Waals surface area contributed by atoms with Gasteiger partial charge in [0.2, 0.25) is 0 Å². The first-order valence-corrected chi connectivity index (χ1v) is 8.40. The number of benzene rings is 2. The fraction of sp³-hybridized carbons (Fsp3) is 0.300. The number of hydrogen-bond donors (Lipinski definition) is 2.